The van der Waals surface area contributed by atoms with Crippen molar-refractivity contribution in [2.24, 2.45) is 0 Å². The Morgan fingerprint density at radius 3 is 2.52 bits per heavy atom. The maximum atomic E-state index is 12.1. The maximum absolute atomic E-state index is 12.1. The van der Waals surface area contributed by atoms with Crippen LogP contribution in [0.1, 0.15) is 32.6 Å². The van der Waals surface area contributed by atoms with Crippen LogP contribution >= 0.6 is 11.8 Å². The van der Waals surface area contributed by atoms with Crippen molar-refractivity contribution < 1.29 is 29.4 Å². The number of fused-ring (bicyclic) bond motifs is 1. The number of hydrogen-bond acceptors (Lipinski definition) is 5. The third-order valence-electron chi connectivity index (χ3n) is 3.72. The van der Waals surface area contributed by atoms with Crippen LogP contribution in [0, 0.1) is 0 Å². The number of β-lactam (4-membered cyclic amide) rings is 1. The molecule has 126 valence electrons. The highest BCUT2D eigenvalue weighted by Crippen LogP contribution is 2.40. The summed E-state index contributed by atoms with van der Waals surface area (Å²) in [5, 5.41) is 20.0. The summed E-state index contributed by atoms with van der Waals surface area (Å²) in [6.07, 6.45) is 0.986. The van der Waals surface area contributed by atoms with E-state index in [1.165, 1.54) is 16.7 Å². The van der Waals surface area contributed by atoms with E-state index in [0.717, 1.165) is 0 Å². The Bertz CT molecular complexity index is 588. The van der Waals surface area contributed by atoms with Crippen LogP contribution in [0.2, 0.25) is 0 Å². The summed E-state index contributed by atoms with van der Waals surface area (Å²) < 4.78 is 0. The summed E-state index contributed by atoms with van der Waals surface area (Å²) >= 11 is 1.42. The van der Waals surface area contributed by atoms with E-state index in [1.807, 2.05) is 0 Å². The van der Waals surface area contributed by atoms with Crippen molar-refractivity contribution in [3.63, 3.8) is 0 Å². The molecule has 0 saturated carbocycles. The first kappa shape index (κ1) is 17.3. The second-order valence-corrected chi connectivity index (χ2v) is 6.59. The molecule has 2 heterocycles. The van der Waals surface area contributed by atoms with Gasteiger partial charge in [0.25, 0.3) is 5.91 Å². The summed E-state index contributed by atoms with van der Waals surface area (Å²) in [6, 6.07) is -0.713. The Kier molecular flexibility index (Phi) is 5.30. The Labute approximate surface area is 136 Å². The molecule has 0 unspecified atom stereocenters. The van der Waals surface area contributed by atoms with Crippen LogP contribution in [0.5, 0.6) is 0 Å². The van der Waals surface area contributed by atoms with Gasteiger partial charge in [-0.1, -0.05) is 0 Å². The highest BCUT2D eigenvalue weighted by molar-refractivity contribution is 8.00. The van der Waals surface area contributed by atoms with Crippen LogP contribution in [0.4, 0.5) is 0 Å². The van der Waals surface area contributed by atoms with Crippen LogP contribution in [-0.4, -0.2) is 56.0 Å². The molecule has 2 aliphatic heterocycles. The van der Waals surface area contributed by atoms with Crippen molar-refractivity contribution in [1.82, 2.24) is 10.2 Å². The van der Waals surface area contributed by atoms with Crippen LogP contribution in [0.15, 0.2) is 11.3 Å². The van der Waals surface area contributed by atoms with E-state index in [0.29, 0.717) is 24.2 Å². The van der Waals surface area contributed by atoms with E-state index in [4.69, 9.17) is 5.11 Å². The number of carbonyl (C=O) groups excluding carboxylic acids is 2. The van der Waals surface area contributed by atoms with Crippen molar-refractivity contribution in [1.29, 1.82) is 0 Å². The van der Waals surface area contributed by atoms with Gasteiger partial charge in [-0.2, -0.15) is 0 Å². The third-order valence-corrected chi connectivity index (χ3v) is 5.15. The predicted octanol–water partition coefficient (Wildman–Crippen LogP) is 0.390. The van der Waals surface area contributed by atoms with Crippen molar-refractivity contribution in [2.75, 3.05) is 5.75 Å². The minimum Gasteiger partial charge on any atom is -0.481 e. The van der Waals surface area contributed by atoms with Gasteiger partial charge in [-0.05, 0) is 25.3 Å². The zero-order chi connectivity index (χ0) is 17.1. The standard InChI is InChI=1S/C14H18N2O6S/c1-7-6-23-13-10(12(20)16(13)11(7)14(21)22)15-8(17)4-2-3-5-9(18)19/h10,13H,2-6H2,1H3,(H,15,17)(H,18,19)(H,21,22)/t10-,13+/m1/s1. The number of nitrogens with zero attached hydrogens (tertiary/aromatic N) is 1. The maximum Gasteiger partial charge on any atom is 0.352 e. The molecule has 23 heavy (non-hydrogen) atoms. The lowest BCUT2D eigenvalue weighted by atomic mass is 10.0. The minimum absolute atomic E-state index is 0.00528. The van der Waals surface area contributed by atoms with Crippen LogP contribution in [0.25, 0.3) is 0 Å². The lowest BCUT2D eigenvalue weighted by Crippen LogP contribution is -2.70. The largest absolute Gasteiger partial charge is 0.481 e. The second kappa shape index (κ2) is 7.03. The first-order valence-corrected chi connectivity index (χ1v) is 8.26. The van der Waals surface area contributed by atoms with Gasteiger partial charge in [0.2, 0.25) is 5.91 Å². The van der Waals surface area contributed by atoms with Gasteiger partial charge in [-0.25, -0.2) is 4.79 Å². The molecule has 2 aliphatic rings. The molecule has 2 atom stereocenters. The first-order chi connectivity index (χ1) is 10.8. The van der Waals surface area contributed by atoms with E-state index >= 15 is 0 Å². The summed E-state index contributed by atoms with van der Waals surface area (Å²) in [7, 11) is 0. The van der Waals surface area contributed by atoms with E-state index in [1.54, 1.807) is 6.92 Å². The van der Waals surface area contributed by atoms with Gasteiger partial charge in [0.15, 0.2) is 0 Å². The predicted molar refractivity (Wildman–Crippen MR) is 81.5 cm³/mol. The number of amides is 2. The fourth-order valence-electron chi connectivity index (χ4n) is 2.58. The SMILES string of the molecule is CC1=C(C(=O)O)N2C(=O)[C@@H](NC(=O)CCCCC(=O)O)[C@@H]2SC1. The van der Waals surface area contributed by atoms with Gasteiger partial charge < -0.3 is 15.5 Å². The molecule has 0 bridgehead atoms. The van der Waals surface area contributed by atoms with Crippen LogP contribution in [-0.2, 0) is 19.2 Å². The highest BCUT2D eigenvalue weighted by Gasteiger charge is 2.53. The number of rotatable bonds is 7. The lowest BCUT2D eigenvalue weighted by molar-refractivity contribution is -0.150. The van der Waals surface area contributed by atoms with E-state index in [2.05, 4.69) is 5.32 Å². The average molecular weight is 342 g/mol. The van der Waals surface area contributed by atoms with Crippen molar-refractivity contribution >= 4 is 35.5 Å². The van der Waals surface area contributed by atoms with Crippen LogP contribution in [0.3, 0.4) is 0 Å². The Balaban J connectivity index is 1.88. The molecule has 3 N–H and O–H groups in total. The second-order valence-electron chi connectivity index (χ2n) is 5.49. The van der Waals surface area contributed by atoms with E-state index in [9.17, 15) is 24.3 Å². The molecule has 0 aromatic rings. The molecule has 0 aromatic heterocycles. The van der Waals surface area contributed by atoms with Gasteiger partial charge in [0.05, 0.1) is 0 Å². The number of unbranched alkanes of at least 4 members (excludes halogenated alkanes) is 1. The highest BCUT2D eigenvalue weighted by atomic mass is 32.2. The van der Waals surface area contributed by atoms with Crippen molar-refractivity contribution in [3.8, 4) is 0 Å². The topological polar surface area (TPSA) is 124 Å². The van der Waals surface area contributed by atoms with E-state index in [-0.39, 0.29) is 29.8 Å². The molecule has 0 aromatic carbocycles. The monoisotopic (exact) mass is 342 g/mol. The van der Waals surface area contributed by atoms with Gasteiger partial charge in [0, 0.05) is 18.6 Å². The number of nitrogens with one attached hydrogen (secondary N) is 1. The fourth-order valence-corrected chi connectivity index (χ4v) is 3.88. The van der Waals surface area contributed by atoms with Gasteiger partial charge in [0.1, 0.15) is 17.1 Å². The summed E-state index contributed by atoms with van der Waals surface area (Å²) in [4.78, 5) is 46.8. The number of hydrogen-bond donors (Lipinski definition) is 3. The fraction of sp³-hybridized carbons (Fsp3) is 0.571. The van der Waals surface area contributed by atoms with E-state index < -0.39 is 23.9 Å². The van der Waals surface area contributed by atoms with Gasteiger partial charge >= 0.3 is 11.9 Å². The Morgan fingerprint density at radius 2 is 1.91 bits per heavy atom. The van der Waals surface area contributed by atoms with Crippen molar-refractivity contribution in [3.05, 3.63) is 11.3 Å². The number of carboxylic acids is 2. The van der Waals surface area contributed by atoms with Crippen molar-refractivity contribution in [2.45, 2.75) is 44.0 Å². The zero-order valence-electron chi connectivity index (χ0n) is 12.6. The molecule has 0 spiro atoms. The molecule has 8 nitrogen and oxygen atoms in total. The van der Waals surface area contributed by atoms with Crippen LogP contribution < -0.4 is 5.32 Å². The molecular formula is C14H18N2O6S. The number of carboxylic acid groups (broad SMARTS) is 2. The molecule has 2 amide bonds. The lowest BCUT2D eigenvalue weighted by Gasteiger charge is -2.49. The van der Waals surface area contributed by atoms with Gasteiger partial charge in [-0.3, -0.25) is 19.3 Å². The smallest absolute Gasteiger partial charge is 0.352 e. The molecular weight excluding hydrogens is 324 g/mol. The number of carbonyl (C=O) groups is 4. The number of thioether (sulfide) groups is 1. The summed E-state index contributed by atoms with van der Waals surface area (Å²) in [6.45, 7) is 1.67. The molecule has 1 fully saturated rings. The zero-order valence-corrected chi connectivity index (χ0v) is 13.4. The molecule has 1 saturated heterocycles. The van der Waals surface area contributed by atoms with Gasteiger partial charge in [-0.15, -0.1) is 11.8 Å². The summed E-state index contributed by atoms with van der Waals surface area (Å²) in [5.41, 5.74) is 0.635. The third kappa shape index (κ3) is 3.66. The Morgan fingerprint density at radius 1 is 1.26 bits per heavy atom. The molecule has 2 rings (SSSR count). The molecule has 0 aliphatic carbocycles. The Hall–Kier alpha value is -2.03. The normalized spacial score (nSPS) is 23.2. The summed E-state index contributed by atoms with van der Waals surface area (Å²) in [5.74, 6) is -2.28. The molecule has 0 radical (unpaired) electrons. The minimum atomic E-state index is -1.14. The molecule has 9 heteroatoms. The number of aliphatic carboxylic acids is 2. The first-order valence-electron chi connectivity index (χ1n) is 7.21. The quantitative estimate of drug-likeness (QED) is 0.451. The average Bonchev–Trinajstić information content (AvgIpc) is 2.48.